The third kappa shape index (κ3) is 10.9. The Hall–Kier alpha value is -0.440. The fourth-order valence-corrected chi connectivity index (χ4v) is 3.25. The van der Waals surface area contributed by atoms with Crippen molar-refractivity contribution in [2.75, 3.05) is 38.9 Å². The van der Waals surface area contributed by atoms with E-state index in [4.69, 9.17) is 9.47 Å². The van der Waals surface area contributed by atoms with Crippen LogP contribution in [0.4, 0.5) is 0 Å². The van der Waals surface area contributed by atoms with Crippen molar-refractivity contribution in [3.63, 3.8) is 0 Å². The normalized spacial score (nSPS) is 16.3. The highest BCUT2D eigenvalue weighted by Gasteiger charge is 2.19. The van der Waals surface area contributed by atoms with Crippen LogP contribution in [0.25, 0.3) is 0 Å². The zero-order chi connectivity index (χ0) is 17.8. The number of methoxy groups -OCH3 is 2. The highest BCUT2D eigenvalue weighted by atomic mass is 32.2. The van der Waals surface area contributed by atoms with Crippen molar-refractivity contribution in [2.24, 2.45) is 5.92 Å². The number of carbonyl (C=O) groups excluding carboxylic acids is 2. The molecule has 0 heterocycles. The van der Waals surface area contributed by atoms with Crippen molar-refractivity contribution in [1.82, 2.24) is 0 Å². The second-order valence-electron chi connectivity index (χ2n) is 5.32. The Morgan fingerprint density at radius 2 is 1.52 bits per heavy atom. The monoisotopic (exact) mass is 368 g/mol. The van der Waals surface area contributed by atoms with Gasteiger partial charge in [-0.3, -0.25) is 9.59 Å². The fourth-order valence-electron chi connectivity index (χ4n) is 1.50. The number of aliphatic hydroxyl groups is 1. The van der Waals surface area contributed by atoms with Crippen molar-refractivity contribution in [3.05, 3.63) is 0 Å². The molecule has 0 spiro atoms. The van der Waals surface area contributed by atoms with Crippen LogP contribution < -0.4 is 0 Å². The number of carbonyl (C=O) groups is 2. The summed E-state index contributed by atoms with van der Waals surface area (Å²) >= 11 is 2.82. The summed E-state index contributed by atoms with van der Waals surface area (Å²) in [4.78, 5) is 23.2. The molecule has 0 amide bonds. The molecular formula is C15H28O6S2. The third-order valence-corrected chi connectivity index (χ3v) is 5.63. The molecule has 0 radical (unpaired) electrons. The highest BCUT2D eigenvalue weighted by Crippen LogP contribution is 2.18. The zero-order valence-corrected chi connectivity index (χ0v) is 16.1. The van der Waals surface area contributed by atoms with Gasteiger partial charge >= 0.3 is 11.9 Å². The fraction of sp³-hybridized carbons (Fsp3) is 0.867. The number of hydrogen-bond donors (Lipinski definition) is 1. The lowest BCUT2D eigenvalue weighted by atomic mass is 10.2. The van der Waals surface area contributed by atoms with Crippen molar-refractivity contribution in [3.8, 4) is 0 Å². The van der Waals surface area contributed by atoms with Gasteiger partial charge < -0.3 is 19.3 Å². The van der Waals surface area contributed by atoms with E-state index in [0.717, 1.165) is 0 Å². The lowest BCUT2D eigenvalue weighted by molar-refractivity contribution is -0.143. The smallest absolute Gasteiger partial charge is 0.318 e. The molecule has 0 aliphatic heterocycles. The van der Waals surface area contributed by atoms with E-state index in [9.17, 15) is 14.7 Å². The predicted molar refractivity (Wildman–Crippen MR) is 93.9 cm³/mol. The molecule has 136 valence electrons. The average Bonchev–Trinajstić information content (AvgIpc) is 2.54. The largest absolute Gasteiger partial charge is 0.468 e. The SMILES string of the molecule is COCC(O)CSC(C)C(=O)OCC(C)CSC(C)C(=O)OC. The van der Waals surface area contributed by atoms with Gasteiger partial charge in [0.05, 0.1) is 36.9 Å². The van der Waals surface area contributed by atoms with Gasteiger partial charge in [-0.1, -0.05) is 6.92 Å². The Kier molecular flexibility index (Phi) is 12.7. The lowest BCUT2D eigenvalue weighted by Crippen LogP contribution is -2.24. The highest BCUT2D eigenvalue weighted by molar-refractivity contribution is 8.00. The molecule has 4 atom stereocenters. The van der Waals surface area contributed by atoms with Gasteiger partial charge in [-0.15, -0.1) is 23.5 Å². The van der Waals surface area contributed by atoms with Gasteiger partial charge in [-0.2, -0.15) is 0 Å². The molecule has 0 rings (SSSR count). The standard InChI is InChI=1S/C15H28O6S2/c1-10(8-22-11(2)14(17)20-5)6-21-15(18)12(3)23-9-13(16)7-19-4/h10-13,16H,6-9H2,1-5H3. The molecule has 0 fully saturated rings. The molecule has 0 bridgehead atoms. The number of thioether (sulfide) groups is 2. The second-order valence-corrected chi connectivity index (χ2v) is 8.07. The van der Waals surface area contributed by atoms with E-state index >= 15 is 0 Å². The van der Waals surface area contributed by atoms with E-state index in [1.165, 1.54) is 37.7 Å². The first kappa shape index (κ1) is 22.6. The molecule has 0 aliphatic carbocycles. The molecule has 0 aliphatic rings. The van der Waals surface area contributed by atoms with E-state index in [-0.39, 0.29) is 35.0 Å². The van der Waals surface area contributed by atoms with E-state index in [0.29, 0.717) is 18.1 Å². The molecule has 0 saturated heterocycles. The number of rotatable bonds is 12. The maximum Gasteiger partial charge on any atom is 0.318 e. The van der Waals surface area contributed by atoms with Crippen LogP contribution in [0.3, 0.4) is 0 Å². The molecule has 8 heteroatoms. The van der Waals surface area contributed by atoms with Gasteiger partial charge in [0.15, 0.2) is 0 Å². The van der Waals surface area contributed by atoms with Crippen LogP contribution in [0.1, 0.15) is 20.8 Å². The summed E-state index contributed by atoms with van der Waals surface area (Å²) in [7, 11) is 2.89. The van der Waals surface area contributed by atoms with Gasteiger partial charge in [0.25, 0.3) is 0 Å². The molecule has 6 nitrogen and oxygen atoms in total. The average molecular weight is 369 g/mol. The van der Waals surface area contributed by atoms with Crippen LogP contribution in [0, 0.1) is 5.92 Å². The van der Waals surface area contributed by atoms with E-state index in [1.807, 2.05) is 6.92 Å². The van der Waals surface area contributed by atoms with Gasteiger partial charge in [0.2, 0.25) is 0 Å². The predicted octanol–water partition coefficient (Wildman–Crippen LogP) is 1.59. The zero-order valence-electron chi connectivity index (χ0n) is 14.4. The number of ether oxygens (including phenoxy) is 3. The molecule has 0 aromatic rings. The molecule has 0 aromatic carbocycles. The minimum atomic E-state index is -0.588. The minimum Gasteiger partial charge on any atom is -0.468 e. The maximum atomic E-state index is 11.9. The summed E-state index contributed by atoms with van der Waals surface area (Å²) < 4.78 is 14.8. The third-order valence-electron chi connectivity index (χ3n) is 2.90. The van der Waals surface area contributed by atoms with Crippen molar-refractivity contribution in [1.29, 1.82) is 0 Å². The summed E-state index contributed by atoms with van der Waals surface area (Å²) in [5.41, 5.74) is 0. The van der Waals surface area contributed by atoms with Crippen LogP contribution in [-0.2, 0) is 23.8 Å². The van der Waals surface area contributed by atoms with Crippen LogP contribution >= 0.6 is 23.5 Å². The first-order valence-corrected chi connectivity index (χ1v) is 9.56. The Morgan fingerprint density at radius 1 is 0.957 bits per heavy atom. The Bertz CT molecular complexity index is 353. The van der Waals surface area contributed by atoms with Gasteiger partial charge in [0.1, 0.15) is 0 Å². The maximum absolute atomic E-state index is 11.9. The van der Waals surface area contributed by atoms with E-state index < -0.39 is 6.10 Å². The number of esters is 2. The summed E-state index contributed by atoms with van der Waals surface area (Å²) in [5.74, 6) is 0.729. The van der Waals surface area contributed by atoms with Crippen molar-refractivity contribution >= 4 is 35.5 Å². The van der Waals surface area contributed by atoms with Crippen LogP contribution in [0.15, 0.2) is 0 Å². The Morgan fingerprint density at radius 3 is 2.09 bits per heavy atom. The van der Waals surface area contributed by atoms with Crippen LogP contribution in [-0.4, -0.2) is 72.6 Å². The lowest BCUT2D eigenvalue weighted by Gasteiger charge is -2.17. The Labute approximate surface area is 147 Å². The Balaban J connectivity index is 3.92. The van der Waals surface area contributed by atoms with Crippen LogP contribution in [0.5, 0.6) is 0 Å². The van der Waals surface area contributed by atoms with Crippen LogP contribution in [0.2, 0.25) is 0 Å². The molecule has 1 N–H and O–H groups in total. The molecular weight excluding hydrogens is 340 g/mol. The second kappa shape index (κ2) is 12.9. The minimum absolute atomic E-state index is 0.146. The van der Waals surface area contributed by atoms with Gasteiger partial charge in [0, 0.05) is 12.9 Å². The molecule has 23 heavy (non-hydrogen) atoms. The summed E-state index contributed by atoms with van der Waals surface area (Å²) in [5, 5.41) is 8.98. The first-order chi connectivity index (χ1) is 10.8. The van der Waals surface area contributed by atoms with Crippen molar-refractivity contribution < 1.29 is 28.9 Å². The summed E-state index contributed by atoms with van der Waals surface area (Å²) in [6, 6.07) is 0. The quantitative estimate of drug-likeness (QED) is 0.520. The van der Waals surface area contributed by atoms with Gasteiger partial charge in [-0.05, 0) is 25.5 Å². The number of aliphatic hydroxyl groups excluding tert-OH is 1. The topological polar surface area (TPSA) is 82.1 Å². The van der Waals surface area contributed by atoms with E-state index in [1.54, 1.807) is 13.8 Å². The summed E-state index contributed by atoms with van der Waals surface area (Å²) in [6.07, 6.45) is -0.588. The molecule has 0 aromatic heterocycles. The van der Waals surface area contributed by atoms with Gasteiger partial charge in [-0.25, -0.2) is 0 Å². The molecule has 4 unspecified atom stereocenters. The van der Waals surface area contributed by atoms with E-state index in [2.05, 4.69) is 4.74 Å². The summed E-state index contributed by atoms with van der Waals surface area (Å²) in [6.45, 7) is 6.07. The number of hydrogen-bond acceptors (Lipinski definition) is 8. The molecule has 0 saturated carbocycles. The van der Waals surface area contributed by atoms with Crippen molar-refractivity contribution in [2.45, 2.75) is 37.4 Å². The first-order valence-electron chi connectivity index (χ1n) is 7.46.